The van der Waals surface area contributed by atoms with Crippen LogP contribution in [0.5, 0.6) is 0 Å². The number of nitro groups is 1. The van der Waals surface area contributed by atoms with Crippen molar-refractivity contribution in [2.45, 2.75) is 13.0 Å². The summed E-state index contributed by atoms with van der Waals surface area (Å²) in [5.74, 6) is -0.240. The zero-order valence-corrected chi connectivity index (χ0v) is 15.4. The van der Waals surface area contributed by atoms with Crippen LogP contribution in [-0.2, 0) is 4.79 Å². The largest absolute Gasteiger partial charge is 0.342 e. The summed E-state index contributed by atoms with van der Waals surface area (Å²) in [5.41, 5.74) is 3.86. The van der Waals surface area contributed by atoms with Gasteiger partial charge in [-0.3, -0.25) is 14.9 Å². The van der Waals surface area contributed by atoms with Gasteiger partial charge in [0, 0.05) is 18.2 Å². The number of hydrogen-bond acceptors (Lipinski definition) is 3. The molecule has 0 saturated heterocycles. The highest BCUT2D eigenvalue weighted by atomic mass is 16.6. The molecule has 0 aliphatic rings. The van der Waals surface area contributed by atoms with Crippen LogP contribution in [0.3, 0.4) is 0 Å². The minimum absolute atomic E-state index is 0.0188. The number of nitro benzene ring substituents is 1. The van der Waals surface area contributed by atoms with Gasteiger partial charge in [-0.15, -0.1) is 0 Å². The van der Waals surface area contributed by atoms with E-state index in [0.717, 1.165) is 16.7 Å². The van der Waals surface area contributed by atoms with E-state index in [1.165, 1.54) is 18.2 Å². The second kappa shape index (κ2) is 8.77. The minimum atomic E-state index is -0.452. The molecule has 0 fully saturated rings. The smallest absolute Gasteiger partial charge is 0.269 e. The van der Waals surface area contributed by atoms with Crippen LogP contribution in [0.25, 0.3) is 6.08 Å². The molecule has 0 unspecified atom stereocenters. The summed E-state index contributed by atoms with van der Waals surface area (Å²) < 4.78 is 0. The Morgan fingerprint density at radius 3 is 2.25 bits per heavy atom. The number of hydrogen-bond donors (Lipinski definition) is 1. The lowest BCUT2D eigenvalue weighted by Crippen LogP contribution is -2.28. The lowest BCUT2D eigenvalue weighted by molar-refractivity contribution is -0.384. The normalized spacial score (nSPS) is 11.9. The molecule has 1 atom stereocenters. The monoisotopic (exact) mass is 372 g/mol. The lowest BCUT2D eigenvalue weighted by atomic mass is 9.95. The zero-order valence-electron chi connectivity index (χ0n) is 15.4. The Hall–Kier alpha value is -3.73. The van der Waals surface area contributed by atoms with Gasteiger partial charge in [0.15, 0.2) is 0 Å². The second-order valence-electron chi connectivity index (χ2n) is 6.39. The van der Waals surface area contributed by atoms with Crippen LogP contribution in [0.2, 0.25) is 0 Å². The summed E-state index contributed by atoms with van der Waals surface area (Å²) in [4.78, 5) is 22.8. The van der Waals surface area contributed by atoms with Gasteiger partial charge in [0.2, 0.25) is 5.91 Å². The SMILES string of the molecule is Cc1ccccc1[C@@H](NC(=O)/C=C/c1ccc([N+](=O)[O-])cc1)c1ccccc1. The van der Waals surface area contributed by atoms with E-state index in [-0.39, 0.29) is 17.6 Å². The molecule has 0 bridgehead atoms. The number of carbonyl (C=O) groups excluding carboxylic acids is 1. The number of benzene rings is 3. The summed E-state index contributed by atoms with van der Waals surface area (Å²) in [5, 5.41) is 13.8. The maximum atomic E-state index is 12.6. The topological polar surface area (TPSA) is 72.2 Å². The van der Waals surface area contributed by atoms with Gasteiger partial charge in [-0.2, -0.15) is 0 Å². The molecule has 3 aromatic rings. The first-order valence-electron chi connectivity index (χ1n) is 8.88. The van der Waals surface area contributed by atoms with Crippen molar-refractivity contribution in [3.8, 4) is 0 Å². The fourth-order valence-electron chi connectivity index (χ4n) is 2.97. The van der Waals surface area contributed by atoms with Crippen molar-refractivity contribution in [1.29, 1.82) is 0 Å². The van der Waals surface area contributed by atoms with Gasteiger partial charge in [-0.1, -0.05) is 54.6 Å². The Morgan fingerprint density at radius 1 is 0.964 bits per heavy atom. The standard InChI is InChI=1S/C23H20N2O3/c1-17-7-5-6-10-21(17)23(19-8-3-2-4-9-19)24-22(26)16-13-18-11-14-20(15-12-18)25(27)28/h2-16,23H,1H3,(H,24,26)/b16-13+/t23-/m0/s1. The molecule has 0 heterocycles. The molecule has 5 heteroatoms. The van der Waals surface area contributed by atoms with Crippen molar-refractivity contribution in [2.75, 3.05) is 0 Å². The maximum Gasteiger partial charge on any atom is 0.269 e. The first-order valence-corrected chi connectivity index (χ1v) is 8.88. The molecule has 0 aliphatic heterocycles. The van der Waals surface area contributed by atoms with Crippen molar-refractivity contribution in [3.63, 3.8) is 0 Å². The fraction of sp³-hybridized carbons (Fsp3) is 0.0870. The molecule has 0 spiro atoms. The molecule has 3 aromatic carbocycles. The molecule has 140 valence electrons. The molecule has 3 rings (SSSR count). The third-order valence-corrected chi connectivity index (χ3v) is 4.45. The van der Waals surface area contributed by atoms with Crippen molar-refractivity contribution in [2.24, 2.45) is 0 Å². The summed E-state index contributed by atoms with van der Waals surface area (Å²) in [7, 11) is 0. The maximum absolute atomic E-state index is 12.6. The first-order chi connectivity index (χ1) is 13.5. The third-order valence-electron chi connectivity index (χ3n) is 4.45. The Kier molecular flexibility index (Phi) is 5.97. The van der Waals surface area contributed by atoms with E-state index in [1.807, 2.05) is 61.5 Å². The van der Waals surface area contributed by atoms with Gasteiger partial charge in [0.1, 0.15) is 0 Å². The second-order valence-corrected chi connectivity index (χ2v) is 6.39. The highest BCUT2D eigenvalue weighted by Crippen LogP contribution is 2.24. The summed E-state index contributed by atoms with van der Waals surface area (Å²) in [6.07, 6.45) is 3.08. The van der Waals surface area contributed by atoms with Crippen molar-refractivity contribution >= 4 is 17.7 Å². The Morgan fingerprint density at radius 2 is 1.61 bits per heavy atom. The Labute approximate surface area is 163 Å². The molecule has 0 aliphatic carbocycles. The number of aryl methyl sites for hydroxylation is 1. The summed E-state index contributed by atoms with van der Waals surface area (Å²) >= 11 is 0. The number of nitrogens with zero attached hydrogens (tertiary/aromatic N) is 1. The van der Waals surface area contributed by atoms with Gasteiger partial charge in [-0.05, 0) is 47.4 Å². The number of carbonyl (C=O) groups is 1. The van der Waals surface area contributed by atoms with E-state index >= 15 is 0 Å². The highest BCUT2D eigenvalue weighted by Gasteiger charge is 2.17. The van der Waals surface area contributed by atoms with Gasteiger partial charge in [0.05, 0.1) is 11.0 Å². The summed E-state index contributed by atoms with van der Waals surface area (Å²) in [6.45, 7) is 2.02. The van der Waals surface area contributed by atoms with Crippen LogP contribution < -0.4 is 5.32 Å². The van der Waals surface area contributed by atoms with Gasteiger partial charge < -0.3 is 5.32 Å². The molecule has 1 amide bonds. The predicted octanol–water partition coefficient (Wildman–Crippen LogP) is 4.82. The van der Waals surface area contributed by atoms with Crippen LogP contribution in [0.4, 0.5) is 5.69 Å². The average Bonchev–Trinajstić information content (AvgIpc) is 2.72. The van der Waals surface area contributed by atoms with Crippen LogP contribution in [0, 0.1) is 17.0 Å². The number of rotatable bonds is 6. The quantitative estimate of drug-likeness (QED) is 0.383. The number of nitrogens with one attached hydrogen (secondary N) is 1. The van der Waals surface area contributed by atoms with Crippen molar-refractivity contribution in [3.05, 3.63) is 117 Å². The van der Waals surface area contributed by atoms with E-state index in [2.05, 4.69) is 5.32 Å². The molecular formula is C23H20N2O3. The zero-order chi connectivity index (χ0) is 19.9. The van der Waals surface area contributed by atoms with E-state index in [4.69, 9.17) is 0 Å². The van der Waals surface area contributed by atoms with Gasteiger partial charge in [-0.25, -0.2) is 0 Å². The average molecular weight is 372 g/mol. The van der Waals surface area contributed by atoms with Crippen LogP contribution in [0.1, 0.15) is 28.3 Å². The number of non-ortho nitro benzene ring substituents is 1. The Bertz CT molecular complexity index is 996. The lowest BCUT2D eigenvalue weighted by Gasteiger charge is -2.21. The van der Waals surface area contributed by atoms with Gasteiger partial charge >= 0.3 is 0 Å². The first kappa shape index (κ1) is 19.0. The van der Waals surface area contributed by atoms with E-state index in [9.17, 15) is 14.9 Å². The molecule has 1 N–H and O–H groups in total. The Balaban J connectivity index is 1.80. The molecule has 0 saturated carbocycles. The highest BCUT2D eigenvalue weighted by molar-refractivity contribution is 5.92. The van der Waals surface area contributed by atoms with Crippen molar-refractivity contribution in [1.82, 2.24) is 5.32 Å². The van der Waals surface area contributed by atoms with Crippen LogP contribution in [-0.4, -0.2) is 10.8 Å². The molecule has 28 heavy (non-hydrogen) atoms. The minimum Gasteiger partial charge on any atom is -0.342 e. The van der Waals surface area contributed by atoms with Crippen LogP contribution in [0.15, 0.2) is 84.9 Å². The predicted molar refractivity (Wildman–Crippen MR) is 110 cm³/mol. The van der Waals surface area contributed by atoms with E-state index in [1.54, 1.807) is 18.2 Å². The summed E-state index contributed by atoms with van der Waals surface area (Å²) in [6, 6.07) is 23.5. The van der Waals surface area contributed by atoms with E-state index < -0.39 is 4.92 Å². The van der Waals surface area contributed by atoms with E-state index in [0.29, 0.717) is 5.56 Å². The van der Waals surface area contributed by atoms with Gasteiger partial charge in [0.25, 0.3) is 5.69 Å². The molecular weight excluding hydrogens is 352 g/mol. The third kappa shape index (κ3) is 4.71. The molecule has 5 nitrogen and oxygen atoms in total. The molecule has 0 radical (unpaired) electrons. The van der Waals surface area contributed by atoms with Crippen LogP contribution >= 0.6 is 0 Å². The number of amides is 1. The van der Waals surface area contributed by atoms with Crippen molar-refractivity contribution < 1.29 is 9.72 Å². The fourth-order valence-corrected chi connectivity index (χ4v) is 2.97. The molecule has 0 aromatic heterocycles.